The van der Waals surface area contributed by atoms with Gasteiger partial charge in [0.25, 0.3) is 0 Å². The first-order valence-corrected chi connectivity index (χ1v) is 16.9. The van der Waals surface area contributed by atoms with Crippen molar-refractivity contribution in [3.63, 3.8) is 0 Å². The van der Waals surface area contributed by atoms with Gasteiger partial charge in [0, 0.05) is 12.8 Å². The minimum absolute atomic E-state index is 0.165. The van der Waals surface area contributed by atoms with E-state index in [4.69, 9.17) is 18.9 Å². The molecule has 0 aliphatic rings. The summed E-state index contributed by atoms with van der Waals surface area (Å²) < 4.78 is 21.8. The van der Waals surface area contributed by atoms with Gasteiger partial charge in [0.15, 0.2) is 0 Å². The summed E-state index contributed by atoms with van der Waals surface area (Å²) in [5.41, 5.74) is 0. The molecule has 4 atom stereocenters. The highest BCUT2D eigenvalue weighted by Gasteiger charge is 2.33. The van der Waals surface area contributed by atoms with Gasteiger partial charge in [-0.2, -0.15) is 0 Å². The lowest BCUT2D eigenvalue weighted by atomic mass is 9.88. The summed E-state index contributed by atoms with van der Waals surface area (Å²) in [5, 5.41) is 0. The van der Waals surface area contributed by atoms with Crippen LogP contribution in [0.1, 0.15) is 144 Å². The van der Waals surface area contributed by atoms with Gasteiger partial charge < -0.3 is 18.9 Å². The van der Waals surface area contributed by atoms with E-state index in [9.17, 15) is 19.2 Å². The topological polar surface area (TPSA) is 105 Å². The third-order valence-corrected chi connectivity index (χ3v) is 8.02. The molecule has 0 N–H and O–H groups in total. The van der Waals surface area contributed by atoms with Crippen LogP contribution in [0.4, 0.5) is 0 Å². The van der Waals surface area contributed by atoms with Crippen molar-refractivity contribution in [1.29, 1.82) is 0 Å². The van der Waals surface area contributed by atoms with Crippen LogP contribution in [0.25, 0.3) is 0 Å². The smallest absolute Gasteiger partial charge is 0.309 e. The largest absolute Gasteiger partial charge is 0.465 e. The Morgan fingerprint density at radius 2 is 0.857 bits per heavy atom. The van der Waals surface area contributed by atoms with E-state index in [1.807, 2.05) is 13.8 Å². The molecule has 0 saturated carbocycles. The zero-order chi connectivity index (χ0) is 31.6. The second-order valence-electron chi connectivity index (χ2n) is 11.5. The Kier molecular flexibility index (Phi) is 25.2. The van der Waals surface area contributed by atoms with Gasteiger partial charge in [-0.1, -0.05) is 67.2 Å². The number of esters is 4. The number of hydrogen-bond donors (Lipinski definition) is 0. The molecule has 0 heterocycles. The van der Waals surface area contributed by atoms with Gasteiger partial charge in [-0.3, -0.25) is 19.2 Å². The Hall–Kier alpha value is -2.12. The van der Waals surface area contributed by atoms with Crippen LogP contribution in [0.3, 0.4) is 0 Å². The summed E-state index contributed by atoms with van der Waals surface area (Å²) in [6, 6.07) is 0. The monoisotopic (exact) mass is 598 g/mol. The van der Waals surface area contributed by atoms with E-state index in [2.05, 4.69) is 27.7 Å². The van der Waals surface area contributed by atoms with E-state index < -0.39 is 11.8 Å². The highest BCUT2D eigenvalue weighted by Crippen LogP contribution is 2.23. The maximum atomic E-state index is 12.7. The van der Waals surface area contributed by atoms with Crippen LogP contribution in [0, 0.1) is 23.7 Å². The van der Waals surface area contributed by atoms with E-state index >= 15 is 0 Å². The van der Waals surface area contributed by atoms with Crippen molar-refractivity contribution in [2.45, 2.75) is 144 Å². The average Bonchev–Trinajstić information content (AvgIpc) is 2.98. The molecule has 0 aliphatic carbocycles. The molecule has 0 rings (SSSR count). The van der Waals surface area contributed by atoms with Crippen molar-refractivity contribution in [3.8, 4) is 0 Å². The molecule has 0 fully saturated rings. The van der Waals surface area contributed by atoms with Gasteiger partial charge in [0.05, 0.1) is 38.3 Å². The molecule has 8 nitrogen and oxygen atoms in total. The number of ether oxygens (including phenoxy) is 4. The fourth-order valence-corrected chi connectivity index (χ4v) is 5.08. The molecule has 0 radical (unpaired) electrons. The van der Waals surface area contributed by atoms with Gasteiger partial charge in [-0.15, -0.1) is 0 Å². The molecule has 0 spiro atoms. The maximum Gasteiger partial charge on any atom is 0.309 e. The van der Waals surface area contributed by atoms with Crippen molar-refractivity contribution in [2.75, 3.05) is 26.4 Å². The molecule has 0 bridgehead atoms. The van der Waals surface area contributed by atoms with E-state index in [1.54, 1.807) is 0 Å². The third-order valence-electron chi connectivity index (χ3n) is 8.02. The molecule has 0 aromatic carbocycles. The van der Waals surface area contributed by atoms with Gasteiger partial charge in [-0.25, -0.2) is 0 Å². The van der Waals surface area contributed by atoms with E-state index in [-0.39, 0.29) is 37.1 Å². The van der Waals surface area contributed by atoms with E-state index in [0.29, 0.717) is 76.4 Å². The van der Waals surface area contributed by atoms with Gasteiger partial charge in [0.1, 0.15) is 0 Å². The number of hydrogen-bond acceptors (Lipinski definition) is 8. The normalized spacial score (nSPS) is 14.0. The summed E-state index contributed by atoms with van der Waals surface area (Å²) in [6.07, 6.45) is 12.3. The summed E-state index contributed by atoms with van der Waals surface area (Å²) in [5.74, 6) is -1.28. The first-order valence-electron chi connectivity index (χ1n) is 16.9. The molecule has 0 aromatic rings. The standard InChI is InChI=1S/C34H62O8/c1-7-19-27(9-3)25-41-31(35)21-15-13-17-23-39-33(37)29(11-5)30(12-6)34(38)40-24-18-14-16-22-32(36)42-26-28(10-4)20-8-2/h27-30H,7-26H2,1-6H3. The van der Waals surface area contributed by atoms with Crippen molar-refractivity contribution in [2.24, 2.45) is 23.7 Å². The molecule has 246 valence electrons. The zero-order valence-electron chi connectivity index (χ0n) is 27.7. The van der Waals surface area contributed by atoms with Crippen molar-refractivity contribution in [3.05, 3.63) is 0 Å². The average molecular weight is 599 g/mol. The van der Waals surface area contributed by atoms with Crippen LogP contribution in [0.5, 0.6) is 0 Å². The lowest BCUT2D eigenvalue weighted by Crippen LogP contribution is -2.32. The van der Waals surface area contributed by atoms with Gasteiger partial charge in [0.2, 0.25) is 0 Å². The number of carbonyl (C=O) groups excluding carboxylic acids is 4. The molecule has 0 aromatic heterocycles. The van der Waals surface area contributed by atoms with Gasteiger partial charge in [-0.05, 0) is 76.0 Å². The molecule has 0 amide bonds. The number of unbranched alkanes of at least 4 members (excludes halogenated alkanes) is 4. The molecule has 8 heteroatoms. The predicted molar refractivity (Wildman–Crippen MR) is 166 cm³/mol. The SMILES string of the molecule is CCCC(CC)COC(=O)CCCCCOC(=O)C(CC)C(CC)C(=O)OCCCCCC(=O)OCC(CC)CCC. The van der Waals surface area contributed by atoms with Crippen molar-refractivity contribution >= 4 is 23.9 Å². The maximum absolute atomic E-state index is 12.7. The number of carbonyl (C=O) groups is 4. The quantitative estimate of drug-likeness (QED) is 0.0532. The number of rotatable bonds is 27. The first kappa shape index (κ1) is 39.9. The van der Waals surface area contributed by atoms with Crippen LogP contribution in [-0.4, -0.2) is 50.3 Å². The lowest BCUT2D eigenvalue weighted by molar-refractivity contribution is -0.161. The van der Waals surface area contributed by atoms with Crippen LogP contribution >= 0.6 is 0 Å². The second kappa shape index (κ2) is 26.5. The van der Waals surface area contributed by atoms with Crippen molar-refractivity contribution in [1.82, 2.24) is 0 Å². The van der Waals surface area contributed by atoms with Gasteiger partial charge >= 0.3 is 23.9 Å². The van der Waals surface area contributed by atoms with Crippen LogP contribution in [0.15, 0.2) is 0 Å². The highest BCUT2D eigenvalue weighted by atomic mass is 16.5. The fourth-order valence-electron chi connectivity index (χ4n) is 5.08. The Bertz CT molecular complexity index is 662. The highest BCUT2D eigenvalue weighted by molar-refractivity contribution is 5.82. The minimum atomic E-state index is -0.540. The molecule has 0 aliphatic heterocycles. The Morgan fingerprint density at radius 3 is 1.17 bits per heavy atom. The molecular formula is C34H62O8. The van der Waals surface area contributed by atoms with Crippen LogP contribution in [0.2, 0.25) is 0 Å². The first-order chi connectivity index (χ1) is 20.3. The Morgan fingerprint density at radius 1 is 0.476 bits per heavy atom. The molecular weight excluding hydrogens is 536 g/mol. The Balaban J connectivity index is 4.19. The fraction of sp³-hybridized carbons (Fsp3) is 0.882. The third kappa shape index (κ3) is 19.1. The Labute approximate surface area is 256 Å². The van der Waals surface area contributed by atoms with Crippen molar-refractivity contribution < 1.29 is 38.1 Å². The summed E-state index contributed by atoms with van der Waals surface area (Å²) >= 11 is 0. The zero-order valence-corrected chi connectivity index (χ0v) is 27.7. The second-order valence-corrected chi connectivity index (χ2v) is 11.5. The van der Waals surface area contributed by atoms with Crippen LogP contribution < -0.4 is 0 Å². The summed E-state index contributed by atoms with van der Waals surface area (Å²) in [6.45, 7) is 13.8. The summed E-state index contributed by atoms with van der Waals surface area (Å²) in [4.78, 5) is 49.4. The minimum Gasteiger partial charge on any atom is -0.465 e. The summed E-state index contributed by atoms with van der Waals surface area (Å²) in [7, 11) is 0. The lowest BCUT2D eigenvalue weighted by Gasteiger charge is -2.22. The molecule has 42 heavy (non-hydrogen) atoms. The van der Waals surface area contributed by atoms with E-state index in [1.165, 1.54) is 0 Å². The molecule has 0 saturated heterocycles. The van der Waals surface area contributed by atoms with E-state index in [0.717, 1.165) is 51.4 Å². The molecule has 4 unspecified atom stereocenters. The predicted octanol–water partition coefficient (Wildman–Crippen LogP) is 7.99. The van der Waals surface area contributed by atoms with Crippen LogP contribution in [-0.2, 0) is 38.1 Å².